The molecule has 0 saturated carbocycles. The highest BCUT2D eigenvalue weighted by atomic mass is 32.2. The zero-order valence-electron chi connectivity index (χ0n) is 9.55. The van der Waals surface area contributed by atoms with Crippen LogP contribution in [0.15, 0.2) is 29.2 Å². The Labute approximate surface area is 102 Å². The van der Waals surface area contributed by atoms with Gasteiger partial charge in [-0.3, -0.25) is 4.18 Å². The number of aryl methyl sites for hydroxylation is 1. The van der Waals surface area contributed by atoms with Crippen molar-refractivity contribution in [2.24, 2.45) is 0 Å². The molecule has 0 aliphatic heterocycles. The van der Waals surface area contributed by atoms with E-state index in [2.05, 4.69) is 5.92 Å². The topological polar surface area (TPSA) is 52.6 Å². The highest BCUT2D eigenvalue weighted by molar-refractivity contribution is 7.86. The average Bonchev–Trinajstić information content (AvgIpc) is 2.29. The molecule has 17 heavy (non-hydrogen) atoms. The van der Waals surface area contributed by atoms with Crippen molar-refractivity contribution in [3.63, 3.8) is 0 Å². The average molecular weight is 254 g/mol. The minimum atomic E-state index is -3.70. The van der Waals surface area contributed by atoms with Crippen molar-refractivity contribution in [2.75, 3.05) is 19.8 Å². The minimum absolute atomic E-state index is 0.0437. The summed E-state index contributed by atoms with van der Waals surface area (Å²) < 4.78 is 33.1. The third kappa shape index (κ3) is 4.57. The number of rotatable bonds is 6. The van der Waals surface area contributed by atoms with E-state index in [1.807, 2.05) is 13.0 Å². The van der Waals surface area contributed by atoms with Crippen molar-refractivity contribution in [3.8, 4) is 12.3 Å². The standard InChI is InChI=1S/C12H14O4S/c1-3-7-15-8-9-16-17(13,14)12-6-4-5-11(2)10-12/h1,4-6,10H,7-9H2,2H3. The van der Waals surface area contributed by atoms with Crippen LogP contribution in [0.4, 0.5) is 0 Å². The van der Waals surface area contributed by atoms with Gasteiger partial charge in [-0.1, -0.05) is 18.1 Å². The highest BCUT2D eigenvalue weighted by Gasteiger charge is 2.14. The maximum absolute atomic E-state index is 11.7. The lowest BCUT2D eigenvalue weighted by molar-refractivity contribution is 0.127. The molecule has 0 amide bonds. The number of ether oxygens (including phenoxy) is 1. The van der Waals surface area contributed by atoms with Gasteiger partial charge in [0, 0.05) is 0 Å². The summed E-state index contributed by atoms with van der Waals surface area (Å²) in [5.41, 5.74) is 0.859. The molecule has 92 valence electrons. The summed E-state index contributed by atoms with van der Waals surface area (Å²) in [5.74, 6) is 2.28. The lowest BCUT2D eigenvalue weighted by Gasteiger charge is -2.06. The Hall–Kier alpha value is -1.35. The van der Waals surface area contributed by atoms with E-state index in [0.717, 1.165) is 5.56 Å². The summed E-state index contributed by atoms with van der Waals surface area (Å²) in [6.45, 7) is 2.07. The SMILES string of the molecule is C#CCOCCOS(=O)(=O)c1cccc(C)c1. The molecular formula is C12H14O4S. The molecule has 4 nitrogen and oxygen atoms in total. The molecule has 0 bridgehead atoms. The summed E-state index contributed by atoms with van der Waals surface area (Å²) >= 11 is 0. The van der Waals surface area contributed by atoms with Crippen LogP contribution in [0.3, 0.4) is 0 Å². The molecule has 0 radical (unpaired) electrons. The smallest absolute Gasteiger partial charge is 0.297 e. The lowest BCUT2D eigenvalue weighted by atomic mass is 10.2. The first-order chi connectivity index (χ1) is 8.06. The van der Waals surface area contributed by atoms with Crippen LogP contribution in [0.5, 0.6) is 0 Å². The Morgan fingerprint density at radius 1 is 1.35 bits per heavy atom. The molecule has 0 aliphatic rings. The quantitative estimate of drug-likeness (QED) is 0.437. The van der Waals surface area contributed by atoms with Gasteiger partial charge in [-0.15, -0.1) is 6.42 Å². The van der Waals surface area contributed by atoms with Crippen LogP contribution in [0.1, 0.15) is 5.56 Å². The van der Waals surface area contributed by atoms with Gasteiger partial charge in [0.1, 0.15) is 6.61 Å². The van der Waals surface area contributed by atoms with Crippen LogP contribution in [0, 0.1) is 19.3 Å². The maximum atomic E-state index is 11.7. The molecular weight excluding hydrogens is 240 g/mol. The van der Waals surface area contributed by atoms with Crippen LogP contribution in [0.2, 0.25) is 0 Å². The fraction of sp³-hybridized carbons (Fsp3) is 0.333. The van der Waals surface area contributed by atoms with E-state index in [9.17, 15) is 8.42 Å². The van der Waals surface area contributed by atoms with Crippen molar-refractivity contribution in [1.82, 2.24) is 0 Å². The van der Waals surface area contributed by atoms with E-state index >= 15 is 0 Å². The zero-order valence-corrected chi connectivity index (χ0v) is 10.4. The van der Waals surface area contributed by atoms with Crippen LogP contribution in [0.25, 0.3) is 0 Å². The second kappa shape index (κ2) is 6.40. The first kappa shape index (κ1) is 13.7. The summed E-state index contributed by atoms with van der Waals surface area (Å²) in [7, 11) is -3.70. The first-order valence-electron chi connectivity index (χ1n) is 5.03. The number of benzene rings is 1. The molecule has 0 spiro atoms. The van der Waals surface area contributed by atoms with E-state index in [1.165, 1.54) is 6.07 Å². The van der Waals surface area contributed by atoms with E-state index in [-0.39, 0.29) is 24.7 Å². The normalized spacial score (nSPS) is 11.1. The number of terminal acetylenes is 1. The summed E-state index contributed by atoms with van der Waals surface area (Å²) in [6, 6.07) is 6.53. The van der Waals surface area contributed by atoms with Crippen LogP contribution in [-0.2, 0) is 19.0 Å². The van der Waals surface area contributed by atoms with Gasteiger partial charge in [-0.2, -0.15) is 8.42 Å². The monoisotopic (exact) mass is 254 g/mol. The number of hydrogen-bond acceptors (Lipinski definition) is 4. The summed E-state index contributed by atoms with van der Waals surface area (Å²) in [5, 5.41) is 0. The second-order valence-electron chi connectivity index (χ2n) is 3.35. The summed E-state index contributed by atoms with van der Waals surface area (Å²) in [4.78, 5) is 0.148. The Bertz CT molecular complexity index is 499. The van der Waals surface area contributed by atoms with Gasteiger partial charge in [-0.05, 0) is 24.6 Å². The molecule has 0 N–H and O–H groups in total. The lowest BCUT2D eigenvalue weighted by Crippen LogP contribution is -2.11. The Kier molecular flexibility index (Phi) is 5.16. The zero-order chi connectivity index (χ0) is 12.7. The van der Waals surface area contributed by atoms with Crippen LogP contribution < -0.4 is 0 Å². The minimum Gasteiger partial charge on any atom is -0.366 e. The van der Waals surface area contributed by atoms with Gasteiger partial charge < -0.3 is 4.74 Å². The van der Waals surface area contributed by atoms with Crippen molar-refractivity contribution < 1.29 is 17.3 Å². The van der Waals surface area contributed by atoms with Gasteiger partial charge in [0.25, 0.3) is 10.1 Å². The highest BCUT2D eigenvalue weighted by Crippen LogP contribution is 2.13. The van der Waals surface area contributed by atoms with E-state index in [0.29, 0.717) is 0 Å². The first-order valence-corrected chi connectivity index (χ1v) is 6.44. The molecule has 0 aliphatic carbocycles. The molecule has 0 fully saturated rings. The van der Waals surface area contributed by atoms with Gasteiger partial charge in [0.05, 0.1) is 18.1 Å². The molecule has 5 heteroatoms. The second-order valence-corrected chi connectivity index (χ2v) is 4.96. The fourth-order valence-electron chi connectivity index (χ4n) is 1.17. The third-order valence-electron chi connectivity index (χ3n) is 1.93. The van der Waals surface area contributed by atoms with Crippen LogP contribution >= 0.6 is 0 Å². The van der Waals surface area contributed by atoms with E-state index in [1.54, 1.807) is 12.1 Å². The molecule has 0 atom stereocenters. The third-order valence-corrected chi connectivity index (χ3v) is 3.24. The Morgan fingerprint density at radius 2 is 2.12 bits per heavy atom. The largest absolute Gasteiger partial charge is 0.366 e. The summed E-state index contributed by atoms with van der Waals surface area (Å²) in [6.07, 6.45) is 4.97. The Balaban J connectivity index is 2.55. The molecule has 1 rings (SSSR count). The van der Waals surface area contributed by atoms with Crippen molar-refractivity contribution in [1.29, 1.82) is 0 Å². The molecule has 0 unspecified atom stereocenters. The molecule has 0 aromatic heterocycles. The van der Waals surface area contributed by atoms with E-state index in [4.69, 9.17) is 15.3 Å². The molecule has 1 aromatic rings. The maximum Gasteiger partial charge on any atom is 0.297 e. The Morgan fingerprint density at radius 3 is 2.76 bits per heavy atom. The van der Waals surface area contributed by atoms with Gasteiger partial charge in [0.15, 0.2) is 0 Å². The van der Waals surface area contributed by atoms with Crippen molar-refractivity contribution >= 4 is 10.1 Å². The predicted octanol–water partition coefficient (Wildman–Crippen LogP) is 1.35. The fourth-order valence-corrected chi connectivity index (χ4v) is 2.17. The van der Waals surface area contributed by atoms with Crippen LogP contribution in [-0.4, -0.2) is 28.2 Å². The van der Waals surface area contributed by atoms with Crippen molar-refractivity contribution in [3.05, 3.63) is 29.8 Å². The number of hydrogen-bond donors (Lipinski definition) is 0. The van der Waals surface area contributed by atoms with E-state index < -0.39 is 10.1 Å². The van der Waals surface area contributed by atoms with Gasteiger partial charge in [0.2, 0.25) is 0 Å². The molecule has 0 heterocycles. The predicted molar refractivity (Wildman–Crippen MR) is 64.0 cm³/mol. The molecule has 0 saturated heterocycles. The van der Waals surface area contributed by atoms with Crippen molar-refractivity contribution in [2.45, 2.75) is 11.8 Å². The molecule has 1 aromatic carbocycles. The van der Waals surface area contributed by atoms with Gasteiger partial charge in [-0.25, -0.2) is 0 Å². The van der Waals surface area contributed by atoms with Gasteiger partial charge >= 0.3 is 0 Å².